The van der Waals surface area contributed by atoms with Gasteiger partial charge >= 0.3 is 0 Å². The summed E-state index contributed by atoms with van der Waals surface area (Å²) in [5, 5.41) is 6.28. The molecule has 0 spiro atoms. The van der Waals surface area contributed by atoms with Gasteiger partial charge in [0.15, 0.2) is 0 Å². The molecule has 2 aliphatic heterocycles. The van der Waals surface area contributed by atoms with Gasteiger partial charge in [-0.25, -0.2) is 12.7 Å². The SMILES string of the molecule is C[C@@H]1CNC[C@H]1C(=O)NC1CCN(S(C)(=O)=O)CC1. The first-order valence-corrected chi connectivity index (χ1v) is 8.69. The fraction of sp³-hybridized carbons (Fsp3) is 0.917. The van der Waals surface area contributed by atoms with Crippen LogP contribution in [0.4, 0.5) is 0 Å². The number of nitrogens with zero attached hydrogens (tertiary/aromatic N) is 1. The summed E-state index contributed by atoms with van der Waals surface area (Å²) in [5.41, 5.74) is 0. The largest absolute Gasteiger partial charge is 0.353 e. The monoisotopic (exact) mass is 289 g/mol. The molecule has 0 aliphatic carbocycles. The highest BCUT2D eigenvalue weighted by Crippen LogP contribution is 2.18. The van der Waals surface area contributed by atoms with E-state index in [1.165, 1.54) is 10.6 Å². The number of sulfonamides is 1. The van der Waals surface area contributed by atoms with Crippen molar-refractivity contribution in [3.63, 3.8) is 0 Å². The van der Waals surface area contributed by atoms with E-state index in [0.29, 0.717) is 31.8 Å². The van der Waals surface area contributed by atoms with Crippen LogP contribution in [-0.2, 0) is 14.8 Å². The number of rotatable bonds is 3. The highest BCUT2D eigenvalue weighted by atomic mass is 32.2. The van der Waals surface area contributed by atoms with Gasteiger partial charge in [0.05, 0.1) is 12.2 Å². The van der Waals surface area contributed by atoms with Crippen LogP contribution >= 0.6 is 0 Å². The summed E-state index contributed by atoms with van der Waals surface area (Å²) >= 11 is 0. The lowest BCUT2D eigenvalue weighted by molar-refractivity contribution is -0.126. The van der Waals surface area contributed by atoms with Gasteiger partial charge in [0.2, 0.25) is 15.9 Å². The average Bonchev–Trinajstić information content (AvgIpc) is 2.75. The molecule has 0 aromatic carbocycles. The molecule has 19 heavy (non-hydrogen) atoms. The molecule has 2 N–H and O–H groups in total. The van der Waals surface area contributed by atoms with E-state index in [1.54, 1.807) is 0 Å². The summed E-state index contributed by atoms with van der Waals surface area (Å²) in [7, 11) is -3.09. The van der Waals surface area contributed by atoms with Crippen LogP contribution < -0.4 is 10.6 Å². The van der Waals surface area contributed by atoms with Gasteiger partial charge in [-0.05, 0) is 25.3 Å². The molecule has 0 bridgehead atoms. The summed E-state index contributed by atoms with van der Waals surface area (Å²) in [5.74, 6) is 0.527. The van der Waals surface area contributed by atoms with Gasteiger partial charge in [-0.1, -0.05) is 6.92 Å². The standard InChI is InChI=1S/C12H23N3O3S/c1-9-7-13-8-11(9)12(16)14-10-3-5-15(6-4-10)19(2,17)18/h9-11,13H,3-8H2,1-2H3,(H,14,16)/t9-,11-/m1/s1. The maximum absolute atomic E-state index is 12.1. The molecular formula is C12H23N3O3S. The fourth-order valence-electron chi connectivity index (χ4n) is 2.80. The maximum atomic E-state index is 12.1. The Labute approximate surface area is 115 Å². The smallest absolute Gasteiger partial charge is 0.224 e. The van der Waals surface area contributed by atoms with E-state index in [1.807, 2.05) is 0 Å². The first-order valence-electron chi connectivity index (χ1n) is 6.84. The molecule has 2 saturated heterocycles. The molecule has 0 unspecified atom stereocenters. The van der Waals surface area contributed by atoms with Crippen molar-refractivity contribution < 1.29 is 13.2 Å². The van der Waals surface area contributed by atoms with Crippen LogP contribution in [0.2, 0.25) is 0 Å². The van der Waals surface area contributed by atoms with Gasteiger partial charge in [0.1, 0.15) is 0 Å². The first-order chi connectivity index (χ1) is 8.88. The number of hydrogen-bond donors (Lipinski definition) is 2. The predicted molar refractivity (Wildman–Crippen MR) is 73.1 cm³/mol. The quantitative estimate of drug-likeness (QED) is 0.726. The van der Waals surface area contributed by atoms with Crippen LogP contribution in [0.1, 0.15) is 19.8 Å². The highest BCUT2D eigenvalue weighted by molar-refractivity contribution is 7.88. The minimum absolute atomic E-state index is 0.0490. The molecule has 0 aromatic heterocycles. The lowest BCUT2D eigenvalue weighted by Gasteiger charge is -2.31. The second-order valence-corrected chi connectivity index (χ2v) is 7.67. The van der Waals surface area contributed by atoms with Crippen LogP contribution in [0.25, 0.3) is 0 Å². The predicted octanol–water partition coefficient (Wildman–Crippen LogP) is -0.618. The van der Waals surface area contributed by atoms with Gasteiger partial charge in [-0.3, -0.25) is 4.79 Å². The Morgan fingerprint density at radius 1 is 1.26 bits per heavy atom. The minimum atomic E-state index is -3.09. The summed E-state index contributed by atoms with van der Waals surface area (Å²) in [6.45, 7) is 4.72. The molecule has 2 atom stereocenters. The van der Waals surface area contributed by atoms with Crippen LogP contribution in [0, 0.1) is 11.8 Å². The van der Waals surface area contributed by atoms with Gasteiger partial charge in [-0.15, -0.1) is 0 Å². The fourth-order valence-corrected chi connectivity index (χ4v) is 3.68. The van der Waals surface area contributed by atoms with E-state index >= 15 is 0 Å². The van der Waals surface area contributed by atoms with E-state index in [4.69, 9.17) is 0 Å². The van der Waals surface area contributed by atoms with Crippen molar-refractivity contribution in [2.75, 3.05) is 32.4 Å². The minimum Gasteiger partial charge on any atom is -0.353 e. The molecule has 0 radical (unpaired) electrons. The molecule has 1 amide bonds. The lowest BCUT2D eigenvalue weighted by Crippen LogP contribution is -2.48. The molecular weight excluding hydrogens is 266 g/mol. The van der Waals surface area contributed by atoms with Crippen LogP contribution in [0.3, 0.4) is 0 Å². The Morgan fingerprint density at radius 2 is 1.89 bits per heavy atom. The third-order valence-electron chi connectivity index (χ3n) is 4.12. The van der Waals surface area contributed by atoms with Crippen LogP contribution in [0.15, 0.2) is 0 Å². The molecule has 2 rings (SSSR count). The Hall–Kier alpha value is -0.660. The van der Waals surface area contributed by atoms with E-state index < -0.39 is 10.0 Å². The van der Waals surface area contributed by atoms with Crippen molar-refractivity contribution in [2.24, 2.45) is 11.8 Å². The van der Waals surface area contributed by atoms with Crippen LogP contribution in [0.5, 0.6) is 0 Å². The van der Waals surface area contributed by atoms with Gasteiger partial charge in [0.25, 0.3) is 0 Å². The second kappa shape index (κ2) is 5.76. The Morgan fingerprint density at radius 3 is 2.37 bits per heavy atom. The Bertz CT molecular complexity index is 430. The zero-order valence-corrected chi connectivity index (χ0v) is 12.4. The summed E-state index contributed by atoms with van der Waals surface area (Å²) in [4.78, 5) is 12.1. The number of amides is 1. The molecule has 7 heteroatoms. The van der Waals surface area contributed by atoms with Crippen molar-refractivity contribution in [1.82, 2.24) is 14.9 Å². The average molecular weight is 289 g/mol. The number of nitrogens with one attached hydrogen (secondary N) is 2. The lowest BCUT2D eigenvalue weighted by atomic mass is 9.96. The summed E-state index contributed by atoms with van der Waals surface area (Å²) in [6.07, 6.45) is 2.64. The molecule has 2 aliphatic rings. The summed E-state index contributed by atoms with van der Waals surface area (Å²) in [6, 6.07) is 0.110. The van der Waals surface area contributed by atoms with Crippen molar-refractivity contribution in [2.45, 2.75) is 25.8 Å². The Balaban J connectivity index is 1.81. The van der Waals surface area contributed by atoms with Crippen molar-refractivity contribution in [1.29, 1.82) is 0 Å². The van der Waals surface area contributed by atoms with Crippen molar-refractivity contribution in [3.05, 3.63) is 0 Å². The molecule has 2 heterocycles. The molecule has 110 valence electrons. The van der Waals surface area contributed by atoms with E-state index in [0.717, 1.165) is 13.1 Å². The Kier molecular flexibility index (Phi) is 4.47. The van der Waals surface area contributed by atoms with E-state index in [9.17, 15) is 13.2 Å². The van der Waals surface area contributed by atoms with E-state index in [-0.39, 0.29) is 17.9 Å². The molecule has 6 nitrogen and oxygen atoms in total. The number of piperidine rings is 1. The molecule has 0 saturated carbocycles. The third-order valence-corrected chi connectivity index (χ3v) is 5.43. The zero-order valence-electron chi connectivity index (χ0n) is 11.6. The number of hydrogen-bond acceptors (Lipinski definition) is 4. The zero-order chi connectivity index (χ0) is 14.0. The van der Waals surface area contributed by atoms with Gasteiger partial charge < -0.3 is 10.6 Å². The number of carbonyl (C=O) groups excluding carboxylic acids is 1. The number of carbonyl (C=O) groups is 1. The van der Waals surface area contributed by atoms with E-state index in [2.05, 4.69) is 17.6 Å². The van der Waals surface area contributed by atoms with Crippen molar-refractivity contribution >= 4 is 15.9 Å². The van der Waals surface area contributed by atoms with Crippen molar-refractivity contribution in [3.8, 4) is 0 Å². The molecule has 0 aromatic rings. The topological polar surface area (TPSA) is 78.5 Å². The van der Waals surface area contributed by atoms with Gasteiger partial charge in [-0.2, -0.15) is 0 Å². The normalized spacial score (nSPS) is 30.4. The van der Waals surface area contributed by atoms with Crippen LogP contribution in [-0.4, -0.2) is 57.1 Å². The third kappa shape index (κ3) is 3.67. The van der Waals surface area contributed by atoms with Gasteiger partial charge in [0, 0.05) is 25.7 Å². The highest BCUT2D eigenvalue weighted by Gasteiger charge is 2.32. The first kappa shape index (κ1) is 14.7. The molecule has 2 fully saturated rings. The second-order valence-electron chi connectivity index (χ2n) is 5.69. The summed E-state index contributed by atoms with van der Waals surface area (Å²) < 4.78 is 24.3. The maximum Gasteiger partial charge on any atom is 0.224 e.